The van der Waals surface area contributed by atoms with Crippen LogP contribution in [-0.2, 0) is 9.53 Å². The lowest BCUT2D eigenvalue weighted by molar-refractivity contribution is -0.148. The number of unbranched alkanes of at least 4 members (excludes halogenated alkanes) is 6. The first-order valence-electron chi connectivity index (χ1n) is 8.14. The first-order valence-corrected chi connectivity index (χ1v) is 8.14. The van der Waals surface area contributed by atoms with Gasteiger partial charge in [0.2, 0.25) is 0 Å². The van der Waals surface area contributed by atoms with Crippen LogP contribution < -0.4 is 0 Å². The van der Waals surface area contributed by atoms with Gasteiger partial charge in [0, 0.05) is 13.2 Å². The molecule has 4 heteroatoms. The lowest BCUT2D eigenvalue weighted by atomic mass is 9.94. The van der Waals surface area contributed by atoms with Gasteiger partial charge < -0.3 is 14.9 Å². The molecule has 0 aliphatic rings. The standard InChI is InChI=1S/C16H32O4/c1-2-20-16(19)15(11-7-3-5-9-13-17)12-8-4-6-10-14-18/h15,17-18H,2-14H2,1H3. The van der Waals surface area contributed by atoms with Crippen molar-refractivity contribution in [3.8, 4) is 0 Å². The second-order valence-corrected chi connectivity index (χ2v) is 5.30. The minimum atomic E-state index is -0.0585. The maximum absolute atomic E-state index is 11.9. The van der Waals surface area contributed by atoms with Crippen LogP contribution in [0.2, 0.25) is 0 Å². The van der Waals surface area contributed by atoms with Gasteiger partial charge in [0.05, 0.1) is 12.5 Å². The van der Waals surface area contributed by atoms with Crippen LogP contribution in [-0.4, -0.2) is 36.0 Å². The van der Waals surface area contributed by atoms with Crippen LogP contribution in [0, 0.1) is 5.92 Å². The number of esters is 1. The smallest absolute Gasteiger partial charge is 0.308 e. The number of rotatable bonds is 14. The maximum atomic E-state index is 11.9. The highest BCUT2D eigenvalue weighted by molar-refractivity contribution is 5.72. The summed E-state index contributed by atoms with van der Waals surface area (Å²) in [6.07, 6.45) is 9.75. The quantitative estimate of drug-likeness (QED) is 0.381. The van der Waals surface area contributed by atoms with Crippen molar-refractivity contribution in [3.05, 3.63) is 0 Å². The summed E-state index contributed by atoms with van der Waals surface area (Å²) in [5, 5.41) is 17.5. The van der Waals surface area contributed by atoms with Crippen molar-refractivity contribution in [1.82, 2.24) is 0 Å². The average molecular weight is 288 g/mol. The van der Waals surface area contributed by atoms with E-state index in [0.29, 0.717) is 6.61 Å². The topological polar surface area (TPSA) is 66.8 Å². The van der Waals surface area contributed by atoms with Crippen molar-refractivity contribution in [1.29, 1.82) is 0 Å². The van der Waals surface area contributed by atoms with Gasteiger partial charge in [-0.1, -0.05) is 38.5 Å². The van der Waals surface area contributed by atoms with Crippen LogP contribution >= 0.6 is 0 Å². The van der Waals surface area contributed by atoms with Gasteiger partial charge in [0.25, 0.3) is 0 Å². The van der Waals surface area contributed by atoms with Crippen molar-refractivity contribution < 1.29 is 19.7 Å². The third-order valence-corrected chi connectivity index (χ3v) is 3.54. The van der Waals surface area contributed by atoms with Crippen LogP contribution in [0.3, 0.4) is 0 Å². The molecule has 0 amide bonds. The molecule has 0 rings (SSSR count). The molecule has 0 aliphatic carbocycles. The summed E-state index contributed by atoms with van der Waals surface area (Å²) in [5.74, 6) is -0.0324. The van der Waals surface area contributed by atoms with Gasteiger partial charge in [-0.2, -0.15) is 0 Å². The van der Waals surface area contributed by atoms with Crippen molar-refractivity contribution in [3.63, 3.8) is 0 Å². The molecule has 0 saturated heterocycles. The number of hydrogen-bond donors (Lipinski definition) is 2. The predicted octanol–water partition coefficient (Wildman–Crippen LogP) is 3.05. The third-order valence-electron chi connectivity index (χ3n) is 3.54. The van der Waals surface area contributed by atoms with E-state index in [1.54, 1.807) is 0 Å². The first-order chi connectivity index (χ1) is 9.76. The van der Waals surface area contributed by atoms with Gasteiger partial charge in [0.1, 0.15) is 0 Å². The summed E-state index contributed by atoms with van der Waals surface area (Å²) in [4.78, 5) is 11.9. The van der Waals surface area contributed by atoms with Crippen LogP contribution in [0.15, 0.2) is 0 Å². The fourth-order valence-electron chi connectivity index (χ4n) is 2.35. The van der Waals surface area contributed by atoms with E-state index in [1.807, 2.05) is 6.92 Å². The molecule has 0 aromatic rings. The van der Waals surface area contributed by atoms with E-state index < -0.39 is 0 Å². The molecule has 0 atom stereocenters. The summed E-state index contributed by atoms with van der Waals surface area (Å²) in [6, 6.07) is 0. The second-order valence-electron chi connectivity index (χ2n) is 5.30. The van der Waals surface area contributed by atoms with Crippen molar-refractivity contribution in [2.24, 2.45) is 5.92 Å². The summed E-state index contributed by atoms with van der Waals surface area (Å²) < 4.78 is 5.14. The Hall–Kier alpha value is -0.610. The van der Waals surface area contributed by atoms with E-state index in [1.165, 1.54) is 0 Å². The Kier molecular flexibility index (Phi) is 14.3. The molecule has 0 radical (unpaired) electrons. The molecule has 0 heterocycles. The number of aliphatic hydroxyl groups is 2. The molecular formula is C16H32O4. The first kappa shape index (κ1) is 19.4. The van der Waals surface area contributed by atoms with Crippen LogP contribution in [0.1, 0.15) is 71.1 Å². The third kappa shape index (κ3) is 11.2. The van der Waals surface area contributed by atoms with E-state index in [-0.39, 0.29) is 25.1 Å². The zero-order chi connectivity index (χ0) is 15.1. The monoisotopic (exact) mass is 288 g/mol. The number of hydrogen-bond acceptors (Lipinski definition) is 4. The highest BCUT2D eigenvalue weighted by Crippen LogP contribution is 2.19. The summed E-state index contributed by atoms with van der Waals surface area (Å²) in [5.41, 5.74) is 0. The van der Waals surface area contributed by atoms with Crippen LogP contribution in [0.5, 0.6) is 0 Å². The fourth-order valence-corrected chi connectivity index (χ4v) is 2.35. The maximum Gasteiger partial charge on any atom is 0.308 e. The van der Waals surface area contributed by atoms with Gasteiger partial charge in [-0.05, 0) is 32.6 Å². The molecule has 2 N–H and O–H groups in total. The molecule has 4 nitrogen and oxygen atoms in total. The summed E-state index contributed by atoms with van der Waals surface area (Å²) in [7, 11) is 0. The molecule has 120 valence electrons. The Morgan fingerprint density at radius 1 is 0.850 bits per heavy atom. The number of carbonyl (C=O) groups excluding carboxylic acids is 1. The van der Waals surface area contributed by atoms with Gasteiger partial charge >= 0.3 is 5.97 Å². The predicted molar refractivity (Wildman–Crippen MR) is 80.5 cm³/mol. The minimum Gasteiger partial charge on any atom is -0.466 e. The van der Waals surface area contributed by atoms with Gasteiger partial charge in [-0.15, -0.1) is 0 Å². The lowest BCUT2D eigenvalue weighted by Crippen LogP contribution is -2.18. The van der Waals surface area contributed by atoms with E-state index in [9.17, 15) is 4.79 Å². The molecular weight excluding hydrogens is 256 g/mol. The highest BCUT2D eigenvalue weighted by Gasteiger charge is 2.18. The zero-order valence-corrected chi connectivity index (χ0v) is 13.0. The molecule has 0 aliphatic heterocycles. The highest BCUT2D eigenvalue weighted by atomic mass is 16.5. The fraction of sp³-hybridized carbons (Fsp3) is 0.938. The van der Waals surface area contributed by atoms with Gasteiger partial charge in [0.15, 0.2) is 0 Å². The molecule has 0 aromatic heterocycles. The lowest BCUT2D eigenvalue weighted by Gasteiger charge is -2.15. The molecule has 0 fully saturated rings. The number of carbonyl (C=O) groups is 1. The molecule has 0 saturated carbocycles. The Morgan fingerprint density at radius 2 is 1.30 bits per heavy atom. The SMILES string of the molecule is CCOC(=O)C(CCCCCCO)CCCCCCO. The van der Waals surface area contributed by atoms with Crippen molar-refractivity contribution >= 4 is 5.97 Å². The van der Waals surface area contributed by atoms with Gasteiger partial charge in [-0.25, -0.2) is 0 Å². The van der Waals surface area contributed by atoms with Gasteiger partial charge in [-0.3, -0.25) is 4.79 Å². The number of ether oxygens (including phenoxy) is 1. The van der Waals surface area contributed by atoms with Crippen LogP contribution in [0.4, 0.5) is 0 Å². The summed E-state index contributed by atoms with van der Waals surface area (Å²) >= 11 is 0. The number of aliphatic hydroxyl groups excluding tert-OH is 2. The van der Waals surface area contributed by atoms with E-state index in [2.05, 4.69) is 0 Å². The molecule has 0 bridgehead atoms. The van der Waals surface area contributed by atoms with E-state index in [0.717, 1.165) is 64.2 Å². The Labute approximate surface area is 123 Å². The average Bonchev–Trinajstić information content (AvgIpc) is 2.44. The van der Waals surface area contributed by atoms with Crippen molar-refractivity contribution in [2.45, 2.75) is 71.1 Å². The van der Waals surface area contributed by atoms with E-state index in [4.69, 9.17) is 14.9 Å². The Bertz CT molecular complexity index is 205. The van der Waals surface area contributed by atoms with E-state index >= 15 is 0 Å². The second kappa shape index (κ2) is 14.8. The summed E-state index contributed by atoms with van der Waals surface area (Å²) in [6.45, 7) is 2.81. The van der Waals surface area contributed by atoms with Crippen molar-refractivity contribution in [2.75, 3.05) is 19.8 Å². The Morgan fingerprint density at radius 3 is 1.70 bits per heavy atom. The minimum absolute atomic E-state index is 0.0261. The zero-order valence-electron chi connectivity index (χ0n) is 13.0. The molecule has 0 unspecified atom stereocenters. The Balaban J connectivity index is 3.85. The molecule has 0 spiro atoms. The normalized spacial score (nSPS) is 11.0. The largest absolute Gasteiger partial charge is 0.466 e. The molecule has 0 aromatic carbocycles. The van der Waals surface area contributed by atoms with Crippen LogP contribution in [0.25, 0.3) is 0 Å². The molecule has 20 heavy (non-hydrogen) atoms.